The fraction of sp³-hybridized carbons (Fsp3) is 0.433. The summed E-state index contributed by atoms with van der Waals surface area (Å²) in [4.78, 5) is 17.2. The number of amides is 1. The number of ether oxygens (including phenoxy) is 1. The second kappa shape index (κ2) is 12.0. The monoisotopic (exact) mass is 605 g/mol. The number of nitrogens with zero attached hydrogens (tertiary/aromatic N) is 2. The van der Waals surface area contributed by atoms with Crippen LogP contribution in [0.3, 0.4) is 0 Å². The number of phenolic OH excluding ortho intramolecular Hbond substituents is 1. The van der Waals surface area contributed by atoms with Crippen LogP contribution >= 0.6 is 0 Å². The summed E-state index contributed by atoms with van der Waals surface area (Å²) in [6.45, 7) is 1.99. The number of halogens is 3. The van der Waals surface area contributed by atoms with Crippen molar-refractivity contribution in [3.63, 3.8) is 0 Å². The Labute approximate surface area is 243 Å². The number of piperidine rings is 1. The minimum Gasteiger partial charge on any atom is -0.506 e. The van der Waals surface area contributed by atoms with Crippen LogP contribution < -0.4 is 9.62 Å². The molecule has 0 aromatic heterocycles. The number of alkyl halides is 2. The van der Waals surface area contributed by atoms with Crippen LogP contribution in [0.1, 0.15) is 43.6 Å². The number of benzene rings is 2. The summed E-state index contributed by atoms with van der Waals surface area (Å²) in [5.74, 6) is -3.12. The summed E-state index contributed by atoms with van der Waals surface area (Å²) < 4.78 is 72.6. The van der Waals surface area contributed by atoms with E-state index in [1.165, 1.54) is 29.2 Å². The van der Waals surface area contributed by atoms with Gasteiger partial charge in [-0.25, -0.2) is 21.6 Å². The molecular weight excluding hydrogens is 571 g/mol. The Hall–Kier alpha value is -3.51. The van der Waals surface area contributed by atoms with Gasteiger partial charge in [0.1, 0.15) is 17.3 Å². The number of aromatic hydroxyl groups is 1. The van der Waals surface area contributed by atoms with E-state index in [0.717, 1.165) is 17.4 Å². The molecule has 1 aliphatic carbocycles. The van der Waals surface area contributed by atoms with Gasteiger partial charge in [-0.15, -0.1) is 0 Å². The van der Waals surface area contributed by atoms with Crippen molar-refractivity contribution in [3.05, 3.63) is 76.8 Å². The Balaban J connectivity index is 1.34. The molecule has 1 fully saturated rings. The van der Waals surface area contributed by atoms with Gasteiger partial charge in [-0.05, 0) is 61.2 Å². The molecule has 5 rings (SSSR count). The van der Waals surface area contributed by atoms with Crippen LogP contribution in [-0.4, -0.2) is 69.3 Å². The normalized spacial score (nSPS) is 21.1. The van der Waals surface area contributed by atoms with Crippen LogP contribution in [0, 0.1) is 5.82 Å². The zero-order valence-corrected chi connectivity index (χ0v) is 24.1. The van der Waals surface area contributed by atoms with Gasteiger partial charge in [0.15, 0.2) is 0 Å². The quantitative estimate of drug-likeness (QED) is 0.303. The van der Waals surface area contributed by atoms with Gasteiger partial charge in [0.2, 0.25) is 10.0 Å². The Morgan fingerprint density at radius 1 is 1.10 bits per heavy atom. The lowest BCUT2D eigenvalue weighted by Gasteiger charge is -2.35. The van der Waals surface area contributed by atoms with E-state index < -0.39 is 15.9 Å². The first-order valence-corrected chi connectivity index (χ1v) is 15.8. The number of rotatable bonds is 9. The molecule has 42 heavy (non-hydrogen) atoms. The van der Waals surface area contributed by atoms with Gasteiger partial charge in [-0.1, -0.05) is 17.7 Å². The summed E-state index contributed by atoms with van der Waals surface area (Å²) in [6, 6.07) is 10.5. The van der Waals surface area contributed by atoms with Crippen molar-refractivity contribution in [1.29, 1.82) is 0 Å². The third kappa shape index (κ3) is 7.09. The Bertz CT molecular complexity index is 1500. The second-order valence-electron chi connectivity index (χ2n) is 11.1. The van der Waals surface area contributed by atoms with E-state index in [0.29, 0.717) is 69.1 Å². The van der Waals surface area contributed by atoms with E-state index >= 15 is 0 Å². The molecule has 0 saturated carbocycles. The number of carbonyl (C=O) groups excluding carboxylic acids is 1. The SMILES string of the molecule is CS(=O)(=O)Nc1cc(N2CCC3=C(C=C(OCCCN4CCC(F)(F)CC4)C(c4ccc(F)cc4)C3)C2=O)ccc1O. The van der Waals surface area contributed by atoms with Gasteiger partial charge in [0, 0.05) is 56.2 Å². The number of sulfonamides is 1. The van der Waals surface area contributed by atoms with Crippen LogP contribution in [0.2, 0.25) is 0 Å². The van der Waals surface area contributed by atoms with E-state index in [9.17, 15) is 31.5 Å². The number of hydrogen-bond donors (Lipinski definition) is 2. The number of phenols is 1. The van der Waals surface area contributed by atoms with E-state index in [1.54, 1.807) is 24.3 Å². The van der Waals surface area contributed by atoms with Crippen LogP contribution in [0.4, 0.5) is 24.5 Å². The van der Waals surface area contributed by atoms with Gasteiger partial charge < -0.3 is 19.6 Å². The predicted octanol–water partition coefficient (Wildman–Crippen LogP) is 5.15. The number of carbonyl (C=O) groups is 1. The van der Waals surface area contributed by atoms with Crippen molar-refractivity contribution in [3.8, 4) is 5.75 Å². The minimum absolute atomic E-state index is 0.0282. The number of likely N-dealkylation sites (tertiary alicyclic amines) is 1. The summed E-state index contributed by atoms with van der Waals surface area (Å²) in [5.41, 5.74) is 2.69. The molecule has 0 spiro atoms. The molecule has 2 N–H and O–H groups in total. The molecular formula is C30H34F3N3O5S. The Morgan fingerprint density at radius 3 is 2.50 bits per heavy atom. The van der Waals surface area contributed by atoms with Crippen molar-refractivity contribution in [1.82, 2.24) is 4.90 Å². The minimum atomic E-state index is -3.65. The molecule has 1 amide bonds. The standard InChI is InChI=1S/C30H34F3N3O5S/c1-42(39,40)34-26-18-23(7-8-27(26)37)36-13-9-21-17-24(20-3-5-22(31)6-4-20)28(19-25(21)29(36)38)41-16-2-12-35-14-10-30(32,33)11-15-35/h3-8,18-19,24,34,37H,2,9-17H2,1H3. The smallest absolute Gasteiger partial charge is 0.258 e. The highest BCUT2D eigenvalue weighted by Crippen LogP contribution is 2.42. The summed E-state index contributed by atoms with van der Waals surface area (Å²) in [5, 5.41) is 10.1. The molecule has 1 unspecified atom stereocenters. The maximum Gasteiger partial charge on any atom is 0.258 e. The zero-order valence-electron chi connectivity index (χ0n) is 23.3. The lowest BCUT2D eigenvalue weighted by atomic mass is 9.80. The highest BCUT2D eigenvalue weighted by molar-refractivity contribution is 7.92. The van der Waals surface area contributed by atoms with Gasteiger partial charge in [0.05, 0.1) is 18.6 Å². The first kappa shape index (κ1) is 30.0. The maximum absolute atomic E-state index is 13.7. The van der Waals surface area contributed by atoms with Gasteiger partial charge in [-0.3, -0.25) is 9.52 Å². The molecule has 1 saturated heterocycles. The van der Waals surface area contributed by atoms with Crippen molar-refractivity contribution in [2.24, 2.45) is 0 Å². The van der Waals surface area contributed by atoms with Crippen LogP contribution in [-0.2, 0) is 19.6 Å². The average molecular weight is 606 g/mol. The van der Waals surface area contributed by atoms with Crippen molar-refractivity contribution >= 4 is 27.3 Å². The molecule has 2 aromatic carbocycles. The fourth-order valence-corrected chi connectivity index (χ4v) is 6.23. The molecule has 0 bridgehead atoms. The summed E-state index contributed by atoms with van der Waals surface area (Å²) in [7, 11) is -3.65. The van der Waals surface area contributed by atoms with Crippen molar-refractivity contribution < 1.29 is 36.2 Å². The van der Waals surface area contributed by atoms with Crippen molar-refractivity contribution in [2.75, 3.05) is 48.7 Å². The fourth-order valence-electron chi connectivity index (χ4n) is 5.67. The van der Waals surface area contributed by atoms with Gasteiger partial charge in [-0.2, -0.15) is 0 Å². The lowest BCUT2D eigenvalue weighted by molar-refractivity contribution is -0.115. The summed E-state index contributed by atoms with van der Waals surface area (Å²) in [6.07, 6.45) is 4.12. The zero-order chi connectivity index (χ0) is 30.1. The number of allylic oxidation sites excluding steroid dienone is 1. The molecule has 12 heteroatoms. The van der Waals surface area contributed by atoms with E-state index in [-0.39, 0.29) is 41.9 Å². The molecule has 2 heterocycles. The van der Waals surface area contributed by atoms with E-state index in [4.69, 9.17) is 4.74 Å². The van der Waals surface area contributed by atoms with E-state index in [2.05, 4.69) is 4.72 Å². The highest BCUT2D eigenvalue weighted by Gasteiger charge is 2.35. The maximum atomic E-state index is 13.7. The third-order valence-electron chi connectivity index (χ3n) is 7.91. The highest BCUT2D eigenvalue weighted by atomic mass is 32.2. The lowest BCUT2D eigenvalue weighted by Crippen LogP contribution is -2.40. The predicted molar refractivity (Wildman–Crippen MR) is 154 cm³/mol. The molecule has 0 radical (unpaired) electrons. The Morgan fingerprint density at radius 2 is 1.81 bits per heavy atom. The van der Waals surface area contributed by atoms with Crippen molar-refractivity contribution in [2.45, 2.75) is 43.9 Å². The largest absolute Gasteiger partial charge is 0.506 e. The number of nitrogens with one attached hydrogen (secondary N) is 1. The Kier molecular flexibility index (Phi) is 8.56. The molecule has 1 atom stereocenters. The van der Waals surface area contributed by atoms with Crippen LogP contribution in [0.25, 0.3) is 0 Å². The van der Waals surface area contributed by atoms with Gasteiger partial charge in [0.25, 0.3) is 11.8 Å². The number of hydrogen-bond acceptors (Lipinski definition) is 6. The van der Waals surface area contributed by atoms with E-state index in [1.807, 2.05) is 4.90 Å². The molecule has 2 aliphatic heterocycles. The first-order valence-electron chi connectivity index (χ1n) is 13.9. The molecule has 3 aliphatic rings. The molecule has 226 valence electrons. The van der Waals surface area contributed by atoms with Gasteiger partial charge >= 0.3 is 0 Å². The number of anilines is 2. The van der Waals surface area contributed by atoms with Crippen LogP contribution in [0.15, 0.2) is 65.4 Å². The average Bonchev–Trinajstić information content (AvgIpc) is 2.93. The summed E-state index contributed by atoms with van der Waals surface area (Å²) >= 11 is 0. The molecule has 8 nitrogen and oxygen atoms in total. The first-order chi connectivity index (χ1) is 19.9. The second-order valence-corrected chi connectivity index (χ2v) is 12.8. The molecule has 2 aromatic rings. The van der Waals surface area contributed by atoms with Crippen LogP contribution in [0.5, 0.6) is 5.75 Å². The topological polar surface area (TPSA) is 99.2 Å². The third-order valence-corrected chi connectivity index (χ3v) is 8.50.